The number of ether oxygens (including phenoxy) is 1. The Balaban J connectivity index is 1.83. The van der Waals surface area contributed by atoms with Crippen molar-refractivity contribution in [3.63, 3.8) is 0 Å². The number of rotatable bonds is 5. The minimum atomic E-state index is -3.05. The van der Waals surface area contributed by atoms with E-state index >= 15 is 0 Å². The van der Waals surface area contributed by atoms with Gasteiger partial charge < -0.3 is 10.1 Å². The van der Waals surface area contributed by atoms with Gasteiger partial charge in [-0.15, -0.1) is 0 Å². The van der Waals surface area contributed by atoms with Crippen molar-refractivity contribution in [3.05, 3.63) is 35.9 Å². The van der Waals surface area contributed by atoms with E-state index in [4.69, 9.17) is 9.72 Å². The maximum Gasteiger partial charge on any atom is 0.148 e. The van der Waals surface area contributed by atoms with Crippen LogP contribution in [0.1, 0.15) is 18.4 Å². The van der Waals surface area contributed by atoms with Crippen molar-refractivity contribution in [2.75, 3.05) is 37.1 Å². The van der Waals surface area contributed by atoms with Gasteiger partial charge in [-0.25, -0.2) is 13.4 Å². The fraction of sp³-hybridized carbons (Fsp3) is 0.500. The first-order valence-corrected chi connectivity index (χ1v) is 10.3. The van der Waals surface area contributed by atoms with Crippen LogP contribution < -0.4 is 5.32 Å². The summed E-state index contributed by atoms with van der Waals surface area (Å²) in [5, 5.41) is 4.52. The number of para-hydroxylation sites is 1. The fourth-order valence-corrected chi connectivity index (χ4v) is 4.91. The highest BCUT2D eigenvalue weighted by Gasteiger charge is 2.36. The third kappa shape index (κ3) is 4.05. The van der Waals surface area contributed by atoms with Crippen LogP contribution in [-0.2, 0) is 14.6 Å². The molecule has 0 aliphatic carbocycles. The van der Waals surface area contributed by atoms with Gasteiger partial charge in [0.1, 0.15) is 15.7 Å². The monoisotopic (exact) mass is 348 g/mol. The molecule has 2 aromatic rings. The highest BCUT2D eigenvalue weighted by molar-refractivity contribution is 7.90. The van der Waals surface area contributed by atoms with Gasteiger partial charge >= 0.3 is 0 Å². The van der Waals surface area contributed by atoms with E-state index in [0.717, 1.165) is 35.1 Å². The molecule has 1 aromatic heterocycles. The second kappa shape index (κ2) is 6.69. The van der Waals surface area contributed by atoms with E-state index in [2.05, 4.69) is 11.4 Å². The maximum absolute atomic E-state index is 11.9. The molecule has 1 fully saturated rings. The first-order valence-electron chi connectivity index (χ1n) is 8.23. The highest BCUT2D eigenvalue weighted by Crippen LogP contribution is 2.33. The number of nitrogens with zero attached hydrogens (tertiary/aromatic N) is 1. The van der Waals surface area contributed by atoms with Crippen LogP contribution in [0.2, 0.25) is 0 Å². The topological polar surface area (TPSA) is 68.3 Å². The van der Waals surface area contributed by atoms with E-state index in [9.17, 15) is 8.42 Å². The zero-order chi connectivity index (χ0) is 17.2. The second-order valence-corrected chi connectivity index (χ2v) is 9.02. The summed E-state index contributed by atoms with van der Waals surface area (Å²) in [7, 11) is -3.05. The number of aryl methyl sites for hydroxylation is 1. The van der Waals surface area contributed by atoms with Gasteiger partial charge in [-0.05, 0) is 37.5 Å². The Morgan fingerprint density at radius 1 is 1.25 bits per heavy atom. The van der Waals surface area contributed by atoms with E-state index in [-0.39, 0.29) is 11.2 Å². The van der Waals surface area contributed by atoms with Gasteiger partial charge in [0.2, 0.25) is 0 Å². The lowest BCUT2D eigenvalue weighted by Crippen LogP contribution is -2.41. The number of hydrogen-bond acceptors (Lipinski definition) is 5. The van der Waals surface area contributed by atoms with Crippen LogP contribution in [0.4, 0.5) is 5.82 Å². The lowest BCUT2D eigenvalue weighted by Gasteiger charge is -2.37. The molecule has 24 heavy (non-hydrogen) atoms. The molecule has 1 aromatic carbocycles. The molecule has 0 saturated carbocycles. The molecule has 1 aliphatic heterocycles. The van der Waals surface area contributed by atoms with E-state index in [0.29, 0.717) is 19.8 Å². The summed E-state index contributed by atoms with van der Waals surface area (Å²) in [4.78, 5) is 4.69. The lowest BCUT2D eigenvalue weighted by atomic mass is 9.82. The number of sulfone groups is 1. The largest absolute Gasteiger partial charge is 0.381 e. The van der Waals surface area contributed by atoms with E-state index < -0.39 is 9.84 Å². The molecule has 0 bridgehead atoms. The molecule has 2 heterocycles. The van der Waals surface area contributed by atoms with Crippen molar-refractivity contribution in [2.45, 2.75) is 19.8 Å². The Kier molecular flexibility index (Phi) is 4.78. The predicted molar refractivity (Wildman–Crippen MR) is 97.2 cm³/mol. The van der Waals surface area contributed by atoms with Crippen LogP contribution in [0, 0.1) is 12.3 Å². The van der Waals surface area contributed by atoms with Gasteiger partial charge in [-0.1, -0.05) is 18.2 Å². The molecule has 0 unspecified atom stereocenters. The second-order valence-electron chi connectivity index (χ2n) is 6.88. The predicted octanol–water partition coefficient (Wildman–Crippen LogP) is 2.80. The maximum atomic E-state index is 11.9. The summed E-state index contributed by atoms with van der Waals surface area (Å²) in [6.45, 7) is 3.84. The number of nitrogens with one attached hydrogen (secondary N) is 1. The Morgan fingerprint density at radius 2 is 1.96 bits per heavy atom. The Morgan fingerprint density at radius 3 is 2.67 bits per heavy atom. The molecular formula is C18H24N2O3S. The average Bonchev–Trinajstić information content (AvgIpc) is 2.52. The number of pyridine rings is 1. The third-order valence-corrected chi connectivity index (χ3v) is 5.80. The summed E-state index contributed by atoms with van der Waals surface area (Å²) in [6, 6.07) is 10.1. The summed E-state index contributed by atoms with van der Waals surface area (Å²) in [5.41, 5.74) is 1.72. The van der Waals surface area contributed by atoms with Gasteiger partial charge in [-0.2, -0.15) is 0 Å². The van der Waals surface area contributed by atoms with Crippen LogP contribution >= 0.6 is 0 Å². The van der Waals surface area contributed by atoms with Crippen molar-refractivity contribution in [3.8, 4) is 0 Å². The van der Waals surface area contributed by atoms with E-state index in [1.807, 2.05) is 31.2 Å². The number of fused-ring (bicyclic) bond motifs is 1. The van der Waals surface area contributed by atoms with E-state index in [1.165, 1.54) is 6.26 Å². The molecule has 130 valence electrons. The van der Waals surface area contributed by atoms with Crippen molar-refractivity contribution in [1.82, 2.24) is 4.98 Å². The molecule has 5 nitrogen and oxygen atoms in total. The molecule has 0 spiro atoms. The normalized spacial score (nSPS) is 17.8. The third-order valence-electron chi connectivity index (χ3n) is 4.67. The van der Waals surface area contributed by atoms with Gasteiger partial charge in [-0.3, -0.25) is 0 Å². The van der Waals surface area contributed by atoms with Crippen molar-refractivity contribution >= 4 is 26.6 Å². The average molecular weight is 348 g/mol. The number of hydrogen-bond donors (Lipinski definition) is 1. The van der Waals surface area contributed by atoms with Crippen LogP contribution in [0.15, 0.2) is 30.3 Å². The van der Waals surface area contributed by atoms with Crippen molar-refractivity contribution in [1.29, 1.82) is 0 Å². The SMILES string of the molecule is Cc1cc2ccccc2nc1NCC1(CS(C)(=O)=O)CCOCC1. The highest BCUT2D eigenvalue weighted by atomic mass is 32.2. The molecule has 6 heteroatoms. The van der Waals surface area contributed by atoms with Gasteiger partial charge in [0.15, 0.2) is 0 Å². The van der Waals surface area contributed by atoms with Crippen molar-refractivity contribution in [2.24, 2.45) is 5.41 Å². The minimum absolute atomic E-state index is 0.184. The van der Waals surface area contributed by atoms with Crippen LogP contribution in [-0.4, -0.2) is 45.2 Å². The standard InChI is InChI=1S/C18H24N2O3S/c1-14-11-15-5-3-4-6-16(15)20-17(14)19-12-18(13-24(2,21)22)7-9-23-10-8-18/h3-6,11H,7-10,12-13H2,1-2H3,(H,19,20). The van der Waals surface area contributed by atoms with E-state index in [1.54, 1.807) is 0 Å². The zero-order valence-electron chi connectivity index (χ0n) is 14.2. The van der Waals surface area contributed by atoms with Gasteiger partial charge in [0.05, 0.1) is 11.3 Å². The van der Waals surface area contributed by atoms with Crippen molar-refractivity contribution < 1.29 is 13.2 Å². The Labute approximate surface area is 143 Å². The van der Waals surface area contributed by atoms with Crippen LogP contribution in [0.25, 0.3) is 10.9 Å². The fourth-order valence-electron chi connectivity index (χ4n) is 3.40. The van der Waals surface area contributed by atoms with Crippen LogP contribution in [0.5, 0.6) is 0 Å². The summed E-state index contributed by atoms with van der Waals surface area (Å²) < 4.78 is 29.2. The first kappa shape index (κ1) is 17.2. The molecule has 1 aliphatic rings. The molecule has 1 N–H and O–H groups in total. The molecule has 3 rings (SSSR count). The van der Waals surface area contributed by atoms with Gasteiger partial charge in [0.25, 0.3) is 0 Å². The Hall–Kier alpha value is -1.66. The lowest BCUT2D eigenvalue weighted by molar-refractivity contribution is 0.0315. The molecule has 0 amide bonds. The summed E-state index contributed by atoms with van der Waals surface area (Å²) >= 11 is 0. The smallest absolute Gasteiger partial charge is 0.148 e. The molecule has 0 radical (unpaired) electrons. The van der Waals surface area contributed by atoms with Crippen LogP contribution in [0.3, 0.4) is 0 Å². The molecule has 1 saturated heterocycles. The number of aromatic nitrogens is 1. The number of benzene rings is 1. The minimum Gasteiger partial charge on any atom is -0.381 e. The molecule has 0 atom stereocenters. The summed E-state index contributed by atoms with van der Waals surface area (Å²) in [5.74, 6) is 1.01. The summed E-state index contributed by atoms with van der Waals surface area (Å²) in [6.07, 6.45) is 2.81. The Bertz CT molecular complexity index is 827. The quantitative estimate of drug-likeness (QED) is 0.900. The molecular weight excluding hydrogens is 324 g/mol. The first-order chi connectivity index (χ1) is 11.4. The van der Waals surface area contributed by atoms with Gasteiger partial charge in [0, 0.05) is 36.8 Å². The number of anilines is 1. The zero-order valence-corrected chi connectivity index (χ0v) is 15.0.